The standard InChI is InChI=1S/C10H12N2O4/c1-15-9(13)3-4-10(14)16-8-7-12-6-2-5-11-12/h2-6H,7-8H2,1H3/b4-3+. The second-order valence-corrected chi connectivity index (χ2v) is 2.79. The minimum Gasteiger partial charge on any atom is -0.466 e. The van der Waals surface area contributed by atoms with Crippen molar-refractivity contribution in [3.63, 3.8) is 0 Å². The molecular formula is C10H12N2O4. The Morgan fingerprint density at radius 3 is 2.75 bits per heavy atom. The molecule has 0 aromatic carbocycles. The highest BCUT2D eigenvalue weighted by atomic mass is 16.5. The van der Waals surface area contributed by atoms with E-state index in [0.29, 0.717) is 6.54 Å². The number of ether oxygens (including phenoxy) is 2. The van der Waals surface area contributed by atoms with Crippen LogP contribution in [-0.2, 0) is 25.6 Å². The summed E-state index contributed by atoms with van der Waals surface area (Å²) in [5.74, 6) is -1.18. The third-order valence-electron chi connectivity index (χ3n) is 1.68. The maximum absolute atomic E-state index is 11.0. The number of aromatic nitrogens is 2. The highest BCUT2D eigenvalue weighted by Crippen LogP contribution is 1.88. The van der Waals surface area contributed by atoms with E-state index in [9.17, 15) is 9.59 Å². The first-order chi connectivity index (χ1) is 7.72. The number of rotatable bonds is 5. The molecule has 1 rings (SSSR count). The monoisotopic (exact) mass is 224 g/mol. The van der Waals surface area contributed by atoms with Crippen LogP contribution in [0.15, 0.2) is 30.6 Å². The van der Waals surface area contributed by atoms with Gasteiger partial charge in [0, 0.05) is 24.5 Å². The molecule has 0 unspecified atom stereocenters. The lowest BCUT2D eigenvalue weighted by molar-refractivity contribution is -0.139. The van der Waals surface area contributed by atoms with E-state index < -0.39 is 11.9 Å². The Hall–Kier alpha value is -2.11. The third-order valence-corrected chi connectivity index (χ3v) is 1.68. The third kappa shape index (κ3) is 4.41. The molecule has 1 aromatic rings. The molecule has 0 fully saturated rings. The maximum atomic E-state index is 11.0. The van der Waals surface area contributed by atoms with Crippen molar-refractivity contribution in [2.45, 2.75) is 6.54 Å². The van der Waals surface area contributed by atoms with E-state index in [0.717, 1.165) is 12.2 Å². The molecule has 0 atom stereocenters. The van der Waals surface area contributed by atoms with Gasteiger partial charge in [-0.2, -0.15) is 5.10 Å². The molecule has 16 heavy (non-hydrogen) atoms. The van der Waals surface area contributed by atoms with Gasteiger partial charge in [0.25, 0.3) is 0 Å². The number of hydrogen-bond donors (Lipinski definition) is 0. The van der Waals surface area contributed by atoms with Gasteiger partial charge >= 0.3 is 11.9 Å². The molecule has 0 saturated heterocycles. The topological polar surface area (TPSA) is 70.4 Å². The molecular weight excluding hydrogens is 212 g/mol. The van der Waals surface area contributed by atoms with Crippen LogP contribution in [0.5, 0.6) is 0 Å². The number of carbonyl (C=O) groups excluding carboxylic acids is 2. The van der Waals surface area contributed by atoms with Crippen molar-refractivity contribution in [1.29, 1.82) is 0 Å². The Morgan fingerprint density at radius 2 is 2.12 bits per heavy atom. The first-order valence-electron chi connectivity index (χ1n) is 4.62. The Morgan fingerprint density at radius 1 is 1.38 bits per heavy atom. The molecule has 1 aromatic heterocycles. The summed E-state index contributed by atoms with van der Waals surface area (Å²) >= 11 is 0. The molecule has 0 aliphatic rings. The molecule has 6 heteroatoms. The van der Waals surface area contributed by atoms with Crippen LogP contribution in [0.25, 0.3) is 0 Å². The zero-order valence-electron chi connectivity index (χ0n) is 8.83. The molecule has 0 N–H and O–H groups in total. The van der Waals surface area contributed by atoms with Crippen molar-refractivity contribution in [2.24, 2.45) is 0 Å². The molecule has 0 amide bonds. The van der Waals surface area contributed by atoms with Crippen molar-refractivity contribution in [2.75, 3.05) is 13.7 Å². The predicted molar refractivity (Wildman–Crippen MR) is 54.3 cm³/mol. The molecule has 0 aliphatic carbocycles. The molecule has 1 heterocycles. The average molecular weight is 224 g/mol. The lowest BCUT2D eigenvalue weighted by Crippen LogP contribution is -2.10. The maximum Gasteiger partial charge on any atom is 0.331 e. The van der Waals surface area contributed by atoms with Crippen LogP contribution in [0.2, 0.25) is 0 Å². The number of nitrogens with zero attached hydrogens (tertiary/aromatic N) is 2. The van der Waals surface area contributed by atoms with Crippen molar-refractivity contribution in [3.8, 4) is 0 Å². The van der Waals surface area contributed by atoms with E-state index in [1.54, 1.807) is 23.1 Å². The van der Waals surface area contributed by atoms with E-state index in [-0.39, 0.29) is 6.61 Å². The van der Waals surface area contributed by atoms with Crippen LogP contribution in [0.4, 0.5) is 0 Å². The summed E-state index contributed by atoms with van der Waals surface area (Å²) in [7, 11) is 1.23. The minimum absolute atomic E-state index is 0.200. The minimum atomic E-state index is -0.593. The van der Waals surface area contributed by atoms with Crippen LogP contribution >= 0.6 is 0 Å². The zero-order chi connectivity index (χ0) is 11.8. The van der Waals surface area contributed by atoms with Gasteiger partial charge in [-0.1, -0.05) is 0 Å². The van der Waals surface area contributed by atoms with E-state index in [1.165, 1.54) is 7.11 Å². The summed E-state index contributed by atoms with van der Waals surface area (Å²) in [5, 5.41) is 3.93. The smallest absolute Gasteiger partial charge is 0.331 e. The molecule has 6 nitrogen and oxygen atoms in total. The lowest BCUT2D eigenvalue weighted by Gasteiger charge is -2.01. The number of methoxy groups -OCH3 is 1. The Balaban J connectivity index is 2.20. The van der Waals surface area contributed by atoms with Crippen LogP contribution in [-0.4, -0.2) is 35.4 Å². The summed E-state index contributed by atoms with van der Waals surface area (Å²) in [6.45, 7) is 0.677. The molecule has 0 radical (unpaired) electrons. The van der Waals surface area contributed by atoms with Gasteiger partial charge in [-0.3, -0.25) is 4.68 Å². The summed E-state index contributed by atoms with van der Waals surface area (Å²) in [4.78, 5) is 21.7. The SMILES string of the molecule is COC(=O)/C=C/C(=O)OCCn1cccn1. The van der Waals surface area contributed by atoms with E-state index in [1.807, 2.05) is 0 Å². The molecule has 0 bridgehead atoms. The number of esters is 2. The molecule has 86 valence electrons. The van der Waals surface area contributed by atoms with Crippen LogP contribution in [0.3, 0.4) is 0 Å². The predicted octanol–water partition coefficient (Wildman–Crippen LogP) is 0.155. The van der Waals surface area contributed by atoms with Crippen LogP contribution in [0.1, 0.15) is 0 Å². The summed E-state index contributed by atoms with van der Waals surface area (Å²) < 4.78 is 10.8. The second kappa shape index (κ2) is 6.39. The van der Waals surface area contributed by atoms with Gasteiger partial charge in [0.2, 0.25) is 0 Å². The van der Waals surface area contributed by atoms with Gasteiger partial charge in [-0.25, -0.2) is 9.59 Å². The quantitative estimate of drug-likeness (QED) is 0.526. The van der Waals surface area contributed by atoms with Crippen molar-refractivity contribution in [3.05, 3.63) is 30.6 Å². The second-order valence-electron chi connectivity index (χ2n) is 2.79. The highest BCUT2D eigenvalue weighted by molar-refractivity contribution is 5.91. The first-order valence-corrected chi connectivity index (χ1v) is 4.62. The van der Waals surface area contributed by atoms with Gasteiger partial charge in [0.1, 0.15) is 6.61 Å². The van der Waals surface area contributed by atoms with Crippen LogP contribution in [0, 0.1) is 0 Å². The highest BCUT2D eigenvalue weighted by Gasteiger charge is 1.99. The van der Waals surface area contributed by atoms with Gasteiger partial charge in [-0.15, -0.1) is 0 Å². The van der Waals surface area contributed by atoms with Gasteiger partial charge in [-0.05, 0) is 6.07 Å². The van der Waals surface area contributed by atoms with Gasteiger partial charge in [0.15, 0.2) is 0 Å². The summed E-state index contributed by atoms with van der Waals surface area (Å²) in [5.41, 5.74) is 0. The largest absolute Gasteiger partial charge is 0.466 e. The van der Waals surface area contributed by atoms with Crippen molar-refractivity contribution < 1.29 is 19.1 Å². The average Bonchev–Trinajstić information content (AvgIpc) is 2.79. The zero-order valence-corrected chi connectivity index (χ0v) is 8.83. The van der Waals surface area contributed by atoms with Crippen molar-refractivity contribution in [1.82, 2.24) is 9.78 Å². The lowest BCUT2D eigenvalue weighted by atomic mass is 10.5. The normalized spacial score (nSPS) is 10.3. The Kier molecular flexibility index (Phi) is 4.78. The summed E-state index contributed by atoms with van der Waals surface area (Å²) in [6, 6.07) is 1.78. The molecule has 0 aliphatic heterocycles. The fraction of sp³-hybridized carbons (Fsp3) is 0.300. The summed E-state index contributed by atoms with van der Waals surface area (Å²) in [6.07, 6.45) is 5.43. The number of hydrogen-bond acceptors (Lipinski definition) is 5. The van der Waals surface area contributed by atoms with E-state index in [2.05, 4.69) is 9.84 Å². The molecule has 0 spiro atoms. The van der Waals surface area contributed by atoms with E-state index >= 15 is 0 Å². The van der Waals surface area contributed by atoms with Crippen molar-refractivity contribution >= 4 is 11.9 Å². The molecule has 0 saturated carbocycles. The number of carbonyl (C=O) groups is 2. The Bertz CT molecular complexity index is 370. The first kappa shape index (κ1) is 12.0. The fourth-order valence-electron chi connectivity index (χ4n) is 0.925. The van der Waals surface area contributed by atoms with Gasteiger partial charge < -0.3 is 9.47 Å². The fourth-order valence-corrected chi connectivity index (χ4v) is 0.925. The Labute approximate surface area is 92.5 Å². The van der Waals surface area contributed by atoms with Crippen LogP contribution < -0.4 is 0 Å². The van der Waals surface area contributed by atoms with E-state index in [4.69, 9.17) is 4.74 Å². The van der Waals surface area contributed by atoms with Gasteiger partial charge in [0.05, 0.1) is 13.7 Å².